The number of amides is 2. The molecule has 0 aromatic heterocycles. The van der Waals surface area contributed by atoms with E-state index in [9.17, 15) is 9.59 Å². The van der Waals surface area contributed by atoms with Crippen molar-refractivity contribution in [1.82, 2.24) is 10.2 Å². The van der Waals surface area contributed by atoms with Gasteiger partial charge in [0.05, 0.1) is 5.92 Å². The van der Waals surface area contributed by atoms with Gasteiger partial charge >= 0.3 is 0 Å². The summed E-state index contributed by atoms with van der Waals surface area (Å²) in [5, 5.41) is 3.37. The predicted octanol–water partition coefficient (Wildman–Crippen LogP) is 3.33. The molecule has 2 saturated carbocycles. The monoisotopic (exact) mass is 354 g/mol. The number of hydrogen-bond acceptors (Lipinski definition) is 2. The van der Waals surface area contributed by atoms with Gasteiger partial charge < -0.3 is 10.2 Å². The fraction of sp³-hybridized carbons (Fsp3) is 0.636. The third-order valence-corrected chi connectivity index (χ3v) is 6.83. The Morgan fingerprint density at radius 3 is 2.46 bits per heavy atom. The Bertz CT molecular complexity index is 672. The zero-order valence-corrected chi connectivity index (χ0v) is 15.9. The van der Waals surface area contributed by atoms with Gasteiger partial charge in [-0.05, 0) is 44.1 Å². The van der Waals surface area contributed by atoms with Gasteiger partial charge in [-0.25, -0.2) is 0 Å². The van der Waals surface area contributed by atoms with Crippen LogP contribution in [0.4, 0.5) is 0 Å². The summed E-state index contributed by atoms with van der Waals surface area (Å²) >= 11 is 0. The maximum Gasteiger partial charge on any atom is 0.225 e. The Balaban J connectivity index is 1.47. The summed E-state index contributed by atoms with van der Waals surface area (Å²) in [5.74, 6) is 1.75. The lowest BCUT2D eigenvalue weighted by atomic mass is 9.53. The van der Waals surface area contributed by atoms with E-state index < -0.39 is 0 Å². The number of carbonyl (C=O) groups excluding carboxylic acids is 2. The highest BCUT2D eigenvalue weighted by molar-refractivity contribution is 5.89. The van der Waals surface area contributed by atoms with Crippen molar-refractivity contribution in [2.24, 2.45) is 17.8 Å². The second-order valence-corrected chi connectivity index (χ2v) is 8.62. The van der Waals surface area contributed by atoms with E-state index in [1.54, 1.807) is 0 Å². The van der Waals surface area contributed by atoms with Crippen molar-refractivity contribution in [1.29, 1.82) is 0 Å². The molecule has 1 aliphatic heterocycles. The van der Waals surface area contributed by atoms with E-state index >= 15 is 0 Å². The van der Waals surface area contributed by atoms with Crippen molar-refractivity contribution in [2.45, 2.75) is 64.0 Å². The van der Waals surface area contributed by atoms with Gasteiger partial charge in [0.1, 0.15) is 0 Å². The number of likely N-dealkylation sites (tertiary alicyclic amines) is 1. The van der Waals surface area contributed by atoms with Crippen LogP contribution in [0.5, 0.6) is 0 Å². The van der Waals surface area contributed by atoms with Crippen molar-refractivity contribution in [3.05, 3.63) is 35.9 Å². The number of nitrogens with one attached hydrogen (secondary N) is 1. The Morgan fingerprint density at radius 2 is 1.81 bits per heavy atom. The Labute approximate surface area is 156 Å². The molecule has 3 fully saturated rings. The molecule has 3 aliphatic rings. The predicted molar refractivity (Wildman–Crippen MR) is 102 cm³/mol. The largest absolute Gasteiger partial charge is 0.352 e. The summed E-state index contributed by atoms with van der Waals surface area (Å²) in [6.45, 7) is 4.60. The fourth-order valence-corrected chi connectivity index (χ4v) is 5.48. The maximum absolute atomic E-state index is 12.9. The molecule has 2 aliphatic carbocycles. The Morgan fingerprint density at radius 1 is 1.12 bits per heavy atom. The van der Waals surface area contributed by atoms with Gasteiger partial charge in [0, 0.05) is 31.0 Å². The lowest BCUT2D eigenvalue weighted by Gasteiger charge is -2.55. The van der Waals surface area contributed by atoms with E-state index in [0.29, 0.717) is 30.7 Å². The van der Waals surface area contributed by atoms with Gasteiger partial charge in [-0.1, -0.05) is 43.2 Å². The summed E-state index contributed by atoms with van der Waals surface area (Å²) in [5.41, 5.74) is 1.35. The molecule has 1 aromatic rings. The Kier molecular flexibility index (Phi) is 4.76. The summed E-state index contributed by atoms with van der Waals surface area (Å²) in [7, 11) is 0. The first-order chi connectivity index (χ1) is 12.6. The number of hydrogen-bond donors (Lipinski definition) is 1. The number of benzene rings is 1. The van der Waals surface area contributed by atoms with E-state index in [1.807, 2.05) is 18.7 Å². The summed E-state index contributed by atoms with van der Waals surface area (Å²) in [6.07, 6.45) is 5.45. The van der Waals surface area contributed by atoms with E-state index in [1.165, 1.54) is 31.2 Å². The molecule has 5 atom stereocenters. The minimum absolute atomic E-state index is 0.0801. The molecule has 0 bridgehead atoms. The van der Waals surface area contributed by atoms with Gasteiger partial charge in [0.2, 0.25) is 11.8 Å². The summed E-state index contributed by atoms with van der Waals surface area (Å²) in [4.78, 5) is 26.9. The van der Waals surface area contributed by atoms with E-state index in [4.69, 9.17) is 0 Å². The van der Waals surface area contributed by atoms with Crippen molar-refractivity contribution in [3.63, 3.8) is 0 Å². The first-order valence-electron chi connectivity index (χ1n) is 10.2. The van der Waals surface area contributed by atoms with E-state index in [0.717, 1.165) is 0 Å². The molecule has 0 unspecified atom stereocenters. The van der Waals surface area contributed by atoms with Crippen LogP contribution in [0, 0.1) is 17.8 Å². The second-order valence-electron chi connectivity index (χ2n) is 8.62. The second kappa shape index (κ2) is 7.05. The van der Waals surface area contributed by atoms with Gasteiger partial charge in [-0.2, -0.15) is 0 Å². The molecule has 1 N–H and O–H groups in total. The molecule has 2 amide bonds. The van der Waals surface area contributed by atoms with Crippen LogP contribution < -0.4 is 5.32 Å². The van der Waals surface area contributed by atoms with Crippen LogP contribution in [0.2, 0.25) is 0 Å². The van der Waals surface area contributed by atoms with Crippen LogP contribution in [-0.4, -0.2) is 35.3 Å². The molecule has 4 rings (SSSR count). The minimum Gasteiger partial charge on any atom is -0.352 e. The van der Waals surface area contributed by atoms with Gasteiger partial charge in [-0.15, -0.1) is 0 Å². The zero-order chi connectivity index (χ0) is 18.3. The van der Waals surface area contributed by atoms with Crippen molar-refractivity contribution in [2.75, 3.05) is 6.54 Å². The normalized spacial score (nSPS) is 33.7. The minimum atomic E-state index is -0.191. The quantitative estimate of drug-likeness (QED) is 0.902. The molecule has 4 nitrogen and oxygen atoms in total. The molecule has 0 radical (unpaired) electrons. The third-order valence-electron chi connectivity index (χ3n) is 6.83. The van der Waals surface area contributed by atoms with Crippen molar-refractivity contribution in [3.8, 4) is 0 Å². The molecular weight excluding hydrogens is 324 g/mol. The van der Waals surface area contributed by atoms with Crippen LogP contribution in [0.1, 0.15) is 57.4 Å². The van der Waals surface area contributed by atoms with Crippen LogP contribution in [0.15, 0.2) is 30.3 Å². The fourth-order valence-electron chi connectivity index (χ4n) is 5.48. The summed E-state index contributed by atoms with van der Waals surface area (Å²) < 4.78 is 0. The van der Waals surface area contributed by atoms with Gasteiger partial charge in [0.15, 0.2) is 0 Å². The van der Waals surface area contributed by atoms with E-state index in [-0.39, 0.29) is 29.8 Å². The highest BCUT2D eigenvalue weighted by Crippen LogP contribution is 2.54. The maximum atomic E-state index is 12.9. The zero-order valence-electron chi connectivity index (χ0n) is 15.9. The van der Waals surface area contributed by atoms with Gasteiger partial charge in [-0.3, -0.25) is 9.59 Å². The van der Waals surface area contributed by atoms with Crippen LogP contribution in [-0.2, 0) is 9.59 Å². The average Bonchev–Trinajstić information content (AvgIpc) is 3.03. The SMILES string of the molecule is CC(C)N1C[C@H](C(=O)N[C@H]2[C@H]3CCCC[C@@H]3[C@@H]2c2ccccc2)CC1=O. The average molecular weight is 354 g/mol. The molecule has 1 heterocycles. The third kappa shape index (κ3) is 3.04. The number of nitrogens with zero attached hydrogens (tertiary/aromatic N) is 1. The standard InChI is InChI=1S/C22H30N2O2/c1-14(2)24-13-16(12-19(24)25)22(26)23-21-18-11-7-6-10-17(18)20(21)15-8-4-3-5-9-15/h3-5,8-9,14,16-18,20-21H,6-7,10-13H2,1-2H3,(H,23,26)/t16-,17+,18+,20+,21+/m1/s1. The Hall–Kier alpha value is -1.84. The van der Waals surface area contributed by atoms with E-state index in [2.05, 4.69) is 35.6 Å². The topological polar surface area (TPSA) is 49.4 Å². The number of rotatable bonds is 4. The first kappa shape index (κ1) is 17.6. The van der Waals surface area contributed by atoms with Gasteiger partial charge in [0.25, 0.3) is 0 Å². The van der Waals surface area contributed by atoms with Crippen LogP contribution in [0.25, 0.3) is 0 Å². The highest BCUT2D eigenvalue weighted by atomic mass is 16.2. The van der Waals surface area contributed by atoms with Crippen molar-refractivity contribution >= 4 is 11.8 Å². The van der Waals surface area contributed by atoms with Crippen molar-refractivity contribution < 1.29 is 9.59 Å². The highest BCUT2D eigenvalue weighted by Gasteiger charge is 2.52. The summed E-state index contributed by atoms with van der Waals surface area (Å²) in [6, 6.07) is 11.1. The molecule has 0 spiro atoms. The smallest absolute Gasteiger partial charge is 0.225 e. The number of fused-ring (bicyclic) bond motifs is 1. The molecular formula is C22H30N2O2. The lowest BCUT2D eigenvalue weighted by molar-refractivity contribution is -0.131. The lowest BCUT2D eigenvalue weighted by Crippen LogP contribution is -2.60. The molecule has 140 valence electrons. The molecule has 1 aromatic carbocycles. The van der Waals surface area contributed by atoms with Crippen LogP contribution in [0.3, 0.4) is 0 Å². The molecule has 26 heavy (non-hydrogen) atoms. The number of carbonyl (C=O) groups is 2. The molecule has 1 saturated heterocycles. The molecule has 4 heteroatoms. The first-order valence-corrected chi connectivity index (χ1v) is 10.2. The van der Waals surface area contributed by atoms with Crippen LogP contribution >= 0.6 is 0 Å².